The Labute approximate surface area is 361 Å². The summed E-state index contributed by atoms with van der Waals surface area (Å²) in [4.78, 5) is 61.5. The monoisotopic (exact) mass is 845 g/mol. The zero-order valence-electron chi connectivity index (χ0n) is 35.4. The zero-order chi connectivity index (χ0) is 42.9. The first-order valence-electron chi connectivity index (χ1n) is 21.3. The number of carbonyl (C=O) groups excluding carboxylic acids is 4. The van der Waals surface area contributed by atoms with Gasteiger partial charge in [0.15, 0.2) is 11.5 Å². The molecule has 0 spiro atoms. The normalized spacial score (nSPS) is 15.5. The molecule has 4 amide bonds. The molecule has 2 aliphatic rings. The molecule has 1 fully saturated rings. The molecule has 4 heterocycles. The van der Waals surface area contributed by atoms with Crippen molar-refractivity contribution in [1.82, 2.24) is 25.5 Å². The van der Waals surface area contributed by atoms with Gasteiger partial charge in [-0.05, 0) is 92.1 Å². The van der Waals surface area contributed by atoms with Crippen LogP contribution in [0.15, 0.2) is 66.0 Å². The molecule has 3 aromatic carbocycles. The lowest BCUT2D eigenvalue weighted by atomic mass is 10.0. The molecule has 1 unspecified atom stereocenters. The van der Waals surface area contributed by atoms with Gasteiger partial charge in [-0.2, -0.15) is 0 Å². The fraction of sp³-hybridized carbons (Fsp3) is 0.404. The van der Waals surface area contributed by atoms with Gasteiger partial charge in [-0.1, -0.05) is 62.8 Å². The molecule has 13 nitrogen and oxygen atoms in total. The molecule has 2 aliphatic heterocycles. The lowest BCUT2D eigenvalue weighted by Gasteiger charge is -2.27. The number of hydrogen-bond acceptors (Lipinski definition) is 12. The van der Waals surface area contributed by atoms with Crippen molar-refractivity contribution < 1.29 is 28.7 Å². The molecule has 2 aromatic heterocycles. The molecule has 2 atom stereocenters. The number of fused-ring (bicyclic) bond motifs is 2. The fourth-order valence-electron chi connectivity index (χ4n) is 8.11. The zero-order valence-corrected chi connectivity index (χ0v) is 36.2. The number of imide groups is 2. The van der Waals surface area contributed by atoms with Gasteiger partial charge in [0.05, 0.1) is 36.9 Å². The number of amides is 4. The van der Waals surface area contributed by atoms with Crippen LogP contribution < -0.4 is 30.7 Å². The molecule has 0 radical (unpaired) electrons. The Kier molecular flexibility index (Phi) is 14.3. The van der Waals surface area contributed by atoms with Crippen molar-refractivity contribution >= 4 is 57.4 Å². The summed E-state index contributed by atoms with van der Waals surface area (Å²) >= 11 is 1.75. The van der Waals surface area contributed by atoms with Crippen molar-refractivity contribution in [1.29, 1.82) is 0 Å². The highest BCUT2D eigenvalue weighted by Gasteiger charge is 2.44. The standard InChI is InChI=1S/C47H55N7O6S/c1-29(50-44-37-25-40(59-3)41(60-4)26-38(37)51-30(2)52-44)42-23-32(28-61-42)34-16-12-11-15-31(34)27-48-21-13-9-7-5-6-8-10-14-22-49-33-17-18-35-36(24-33)47(58)54(46(35)57)39-19-20-43(55)53-45(39)56/h11-12,15-18,23-26,28-29,39,48-49H,5-10,13-14,19-22,27H2,1-4H3,(H,50,51,52)(H,53,55,56)/t29-,39?/m1/s1. The van der Waals surface area contributed by atoms with Crippen molar-refractivity contribution in [3.63, 3.8) is 0 Å². The van der Waals surface area contributed by atoms with E-state index in [1.165, 1.54) is 53.7 Å². The Balaban J connectivity index is 0.779. The number of piperidine rings is 1. The molecule has 61 heavy (non-hydrogen) atoms. The highest BCUT2D eigenvalue weighted by molar-refractivity contribution is 7.10. The van der Waals surface area contributed by atoms with Gasteiger partial charge >= 0.3 is 0 Å². The van der Waals surface area contributed by atoms with Crippen molar-refractivity contribution in [3.05, 3.63) is 93.4 Å². The van der Waals surface area contributed by atoms with Gasteiger partial charge in [0.25, 0.3) is 11.8 Å². The lowest BCUT2D eigenvalue weighted by molar-refractivity contribution is -0.136. The molecule has 0 aliphatic carbocycles. The predicted octanol–water partition coefficient (Wildman–Crippen LogP) is 8.58. The largest absolute Gasteiger partial charge is 0.493 e. The minimum absolute atomic E-state index is 0.0285. The van der Waals surface area contributed by atoms with Crippen molar-refractivity contribution in [2.45, 2.75) is 96.7 Å². The summed E-state index contributed by atoms with van der Waals surface area (Å²) in [6.07, 6.45) is 9.56. The number of anilines is 2. The van der Waals surface area contributed by atoms with E-state index in [1.807, 2.05) is 19.1 Å². The van der Waals surface area contributed by atoms with Crippen molar-refractivity contribution in [3.8, 4) is 22.6 Å². The van der Waals surface area contributed by atoms with E-state index in [1.54, 1.807) is 43.8 Å². The topological polar surface area (TPSA) is 164 Å². The van der Waals surface area contributed by atoms with Gasteiger partial charge in [-0.15, -0.1) is 11.3 Å². The maximum atomic E-state index is 13.1. The van der Waals surface area contributed by atoms with E-state index in [9.17, 15) is 19.2 Å². The second kappa shape index (κ2) is 20.1. The van der Waals surface area contributed by atoms with Gasteiger partial charge in [0.1, 0.15) is 17.7 Å². The van der Waals surface area contributed by atoms with Crippen LogP contribution in [0.5, 0.6) is 11.5 Å². The number of methoxy groups -OCH3 is 2. The van der Waals surface area contributed by atoms with Gasteiger partial charge in [0.2, 0.25) is 11.8 Å². The first kappa shape index (κ1) is 43.2. The second-order valence-corrected chi connectivity index (χ2v) is 16.7. The minimum atomic E-state index is -0.958. The van der Waals surface area contributed by atoms with Crippen molar-refractivity contribution in [2.75, 3.05) is 37.9 Å². The molecule has 7 rings (SSSR count). The molecule has 320 valence electrons. The average Bonchev–Trinajstić information content (AvgIpc) is 3.84. The van der Waals surface area contributed by atoms with E-state index in [0.717, 1.165) is 66.2 Å². The Morgan fingerprint density at radius 1 is 0.820 bits per heavy atom. The van der Waals surface area contributed by atoms with Gasteiger partial charge in [-0.25, -0.2) is 9.97 Å². The molecule has 0 bridgehead atoms. The first-order valence-corrected chi connectivity index (χ1v) is 22.2. The number of benzene rings is 3. The molecule has 0 saturated carbocycles. The summed E-state index contributed by atoms with van der Waals surface area (Å²) in [6, 6.07) is 18.9. The van der Waals surface area contributed by atoms with Crippen LogP contribution in [0.3, 0.4) is 0 Å². The number of carbonyl (C=O) groups is 4. The summed E-state index contributed by atoms with van der Waals surface area (Å²) in [6.45, 7) is 6.62. The van der Waals surface area contributed by atoms with Gasteiger partial charge < -0.3 is 25.4 Å². The molecular weight excluding hydrogens is 791 g/mol. The maximum Gasteiger partial charge on any atom is 0.262 e. The van der Waals surface area contributed by atoms with Crippen LogP contribution in [-0.4, -0.2) is 71.8 Å². The van der Waals surface area contributed by atoms with Crippen LogP contribution in [0.25, 0.3) is 22.0 Å². The number of ether oxygens (including phenoxy) is 2. The molecular formula is C47H55N7O6S. The van der Waals surface area contributed by atoms with Crippen molar-refractivity contribution in [2.24, 2.45) is 0 Å². The van der Waals surface area contributed by atoms with Crippen LogP contribution in [-0.2, 0) is 16.1 Å². The van der Waals surface area contributed by atoms with Crippen LogP contribution in [0, 0.1) is 6.92 Å². The van der Waals surface area contributed by atoms with E-state index in [2.05, 4.69) is 68.9 Å². The summed E-state index contributed by atoms with van der Waals surface area (Å²) in [5.41, 5.74) is 5.91. The van der Waals surface area contributed by atoms with E-state index in [0.29, 0.717) is 28.5 Å². The average molecular weight is 846 g/mol. The number of nitrogens with zero attached hydrogens (tertiary/aromatic N) is 3. The fourth-order valence-corrected chi connectivity index (χ4v) is 9.02. The Morgan fingerprint density at radius 3 is 2.28 bits per heavy atom. The van der Waals surface area contributed by atoms with Crippen LogP contribution in [0.2, 0.25) is 0 Å². The summed E-state index contributed by atoms with van der Waals surface area (Å²) < 4.78 is 11.1. The summed E-state index contributed by atoms with van der Waals surface area (Å²) in [7, 11) is 3.25. The third-order valence-electron chi connectivity index (χ3n) is 11.4. The third kappa shape index (κ3) is 10.2. The Morgan fingerprint density at radius 2 is 1.52 bits per heavy atom. The molecule has 4 N–H and O–H groups in total. The Hall–Kier alpha value is -5.86. The number of aromatic nitrogens is 2. The van der Waals surface area contributed by atoms with Crippen LogP contribution in [0.1, 0.15) is 114 Å². The SMILES string of the molecule is COc1cc2nc(C)nc(N[C@H](C)c3cc(-c4ccccc4CNCCCCCCCCCCNc4ccc5c(c4)C(=O)N(C4CCC(=O)NC4=O)C5=O)cs3)c2cc1OC. The first-order chi connectivity index (χ1) is 29.6. The number of hydrogen-bond donors (Lipinski definition) is 4. The lowest BCUT2D eigenvalue weighted by Crippen LogP contribution is -2.54. The molecule has 14 heteroatoms. The quantitative estimate of drug-likeness (QED) is 0.0413. The number of thiophene rings is 1. The van der Waals surface area contributed by atoms with Crippen LogP contribution in [0.4, 0.5) is 11.5 Å². The highest BCUT2D eigenvalue weighted by Crippen LogP contribution is 2.37. The van der Waals surface area contributed by atoms with Crippen LogP contribution >= 0.6 is 11.3 Å². The van der Waals surface area contributed by atoms with E-state index < -0.39 is 23.8 Å². The number of aryl methyl sites for hydroxylation is 1. The van der Waals surface area contributed by atoms with E-state index >= 15 is 0 Å². The number of nitrogens with one attached hydrogen (secondary N) is 4. The smallest absolute Gasteiger partial charge is 0.262 e. The van der Waals surface area contributed by atoms with Gasteiger partial charge in [-0.3, -0.25) is 29.4 Å². The summed E-state index contributed by atoms with van der Waals surface area (Å²) in [5.74, 6) is 0.750. The Bertz CT molecular complexity index is 2400. The summed E-state index contributed by atoms with van der Waals surface area (Å²) in [5, 5.41) is 16.0. The maximum absolute atomic E-state index is 13.1. The molecule has 5 aromatic rings. The van der Waals surface area contributed by atoms with E-state index in [-0.39, 0.29) is 24.8 Å². The van der Waals surface area contributed by atoms with E-state index in [4.69, 9.17) is 14.5 Å². The minimum Gasteiger partial charge on any atom is -0.493 e. The van der Waals surface area contributed by atoms with Gasteiger partial charge in [0, 0.05) is 41.5 Å². The predicted molar refractivity (Wildman–Crippen MR) is 239 cm³/mol. The third-order valence-corrected chi connectivity index (χ3v) is 12.5. The highest BCUT2D eigenvalue weighted by atomic mass is 32.1. The number of unbranched alkanes of at least 4 members (excludes halogenated alkanes) is 7. The molecule has 1 saturated heterocycles. The second-order valence-electron chi connectivity index (χ2n) is 15.7. The number of rotatable bonds is 21.